The predicted molar refractivity (Wildman–Crippen MR) is 96.4 cm³/mol. The van der Waals surface area contributed by atoms with Crippen molar-refractivity contribution in [2.24, 2.45) is 11.7 Å². The van der Waals surface area contributed by atoms with Crippen LogP contribution in [0.25, 0.3) is 0 Å². The molecule has 0 saturated carbocycles. The van der Waals surface area contributed by atoms with Crippen molar-refractivity contribution >= 4 is 29.9 Å². The van der Waals surface area contributed by atoms with Gasteiger partial charge in [0, 0.05) is 37.3 Å². The molecular weight excluding hydrogens is 346 g/mol. The van der Waals surface area contributed by atoms with Crippen LogP contribution in [-0.4, -0.2) is 44.2 Å². The minimum atomic E-state index is -0.334. The second-order valence-corrected chi connectivity index (χ2v) is 6.29. The normalized spacial score (nSPS) is 20.0. The van der Waals surface area contributed by atoms with E-state index < -0.39 is 0 Å². The Morgan fingerprint density at radius 1 is 1.36 bits per heavy atom. The zero-order chi connectivity index (χ0) is 17.1. The summed E-state index contributed by atoms with van der Waals surface area (Å²) in [4.78, 5) is 26.1. The van der Waals surface area contributed by atoms with Crippen LogP contribution in [-0.2, 0) is 9.59 Å². The highest BCUT2D eigenvalue weighted by Gasteiger charge is 2.35. The van der Waals surface area contributed by atoms with Gasteiger partial charge in [0.05, 0.1) is 5.92 Å². The standard InChI is InChI=1S/C17H23N3O4.ClH/c1-11(18)4-5-19-17(22)12-8-16(21)20(10-12)13-2-3-14-15(9-13)24-7-6-23-14;/h2-3,9,11-12H,4-8,10,18H2,1H3,(H,19,22);1H. The maximum absolute atomic E-state index is 12.3. The lowest BCUT2D eigenvalue weighted by Gasteiger charge is -2.22. The number of amides is 2. The van der Waals surface area contributed by atoms with Crippen LogP contribution in [0.3, 0.4) is 0 Å². The monoisotopic (exact) mass is 369 g/mol. The molecule has 8 heteroatoms. The fourth-order valence-electron chi connectivity index (χ4n) is 2.90. The minimum absolute atomic E-state index is 0. The number of nitrogens with one attached hydrogen (secondary N) is 1. The van der Waals surface area contributed by atoms with Crippen molar-refractivity contribution in [3.8, 4) is 11.5 Å². The highest BCUT2D eigenvalue weighted by atomic mass is 35.5. The number of carbonyl (C=O) groups is 2. The molecule has 0 bridgehead atoms. The van der Waals surface area contributed by atoms with Gasteiger partial charge in [0.15, 0.2) is 11.5 Å². The summed E-state index contributed by atoms with van der Waals surface area (Å²) in [5, 5.41) is 2.86. The molecule has 1 saturated heterocycles. The molecule has 7 nitrogen and oxygen atoms in total. The largest absolute Gasteiger partial charge is 0.486 e. The Balaban J connectivity index is 0.00000225. The summed E-state index contributed by atoms with van der Waals surface area (Å²) in [6.45, 7) is 3.83. The lowest BCUT2D eigenvalue weighted by atomic mass is 10.1. The van der Waals surface area contributed by atoms with Gasteiger partial charge < -0.3 is 25.4 Å². The Bertz CT molecular complexity index is 638. The number of halogens is 1. The third-order valence-electron chi connectivity index (χ3n) is 4.23. The van der Waals surface area contributed by atoms with E-state index in [0.717, 1.165) is 12.1 Å². The first-order valence-corrected chi connectivity index (χ1v) is 8.28. The lowest BCUT2D eigenvalue weighted by Crippen LogP contribution is -2.35. The van der Waals surface area contributed by atoms with Crippen LogP contribution < -0.4 is 25.4 Å². The van der Waals surface area contributed by atoms with E-state index in [1.54, 1.807) is 17.0 Å². The second kappa shape index (κ2) is 8.40. The van der Waals surface area contributed by atoms with Gasteiger partial charge in [0.1, 0.15) is 13.2 Å². The highest BCUT2D eigenvalue weighted by molar-refractivity contribution is 6.00. The molecule has 1 fully saturated rings. The average Bonchev–Trinajstić information content (AvgIpc) is 2.96. The van der Waals surface area contributed by atoms with Crippen LogP contribution >= 0.6 is 12.4 Å². The van der Waals surface area contributed by atoms with Crippen molar-refractivity contribution in [2.75, 3.05) is 31.2 Å². The highest BCUT2D eigenvalue weighted by Crippen LogP contribution is 2.35. The van der Waals surface area contributed by atoms with Gasteiger partial charge in [0.2, 0.25) is 11.8 Å². The number of nitrogens with two attached hydrogens (primary N) is 1. The number of carbonyl (C=O) groups excluding carboxylic acids is 2. The molecule has 25 heavy (non-hydrogen) atoms. The maximum Gasteiger partial charge on any atom is 0.227 e. The molecule has 0 spiro atoms. The minimum Gasteiger partial charge on any atom is -0.486 e. The number of fused-ring (bicyclic) bond motifs is 1. The molecular formula is C17H24ClN3O4. The van der Waals surface area contributed by atoms with Crippen LogP contribution in [0.2, 0.25) is 0 Å². The molecule has 2 atom stereocenters. The van der Waals surface area contributed by atoms with E-state index in [9.17, 15) is 9.59 Å². The van der Waals surface area contributed by atoms with E-state index in [2.05, 4.69) is 5.32 Å². The summed E-state index contributed by atoms with van der Waals surface area (Å²) in [5.41, 5.74) is 6.40. The smallest absolute Gasteiger partial charge is 0.227 e. The first-order valence-electron chi connectivity index (χ1n) is 8.28. The summed E-state index contributed by atoms with van der Waals surface area (Å²) in [6, 6.07) is 5.46. The molecule has 1 aromatic rings. The number of hydrogen-bond acceptors (Lipinski definition) is 5. The van der Waals surface area contributed by atoms with E-state index in [0.29, 0.717) is 37.8 Å². The van der Waals surface area contributed by atoms with Gasteiger partial charge in [-0.3, -0.25) is 9.59 Å². The van der Waals surface area contributed by atoms with Crippen LogP contribution in [0.1, 0.15) is 19.8 Å². The number of nitrogens with zero attached hydrogens (tertiary/aromatic N) is 1. The number of hydrogen-bond donors (Lipinski definition) is 2. The third kappa shape index (κ3) is 4.55. The maximum atomic E-state index is 12.3. The Hall–Kier alpha value is -1.99. The first-order chi connectivity index (χ1) is 11.5. The number of ether oxygens (including phenoxy) is 2. The van der Waals surface area contributed by atoms with Crippen molar-refractivity contribution in [1.82, 2.24) is 5.32 Å². The molecule has 2 heterocycles. The van der Waals surface area contributed by atoms with Crippen LogP contribution in [0.5, 0.6) is 11.5 Å². The molecule has 2 unspecified atom stereocenters. The van der Waals surface area contributed by atoms with Gasteiger partial charge in [-0.2, -0.15) is 0 Å². The van der Waals surface area contributed by atoms with E-state index in [4.69, 9.17) is 15.2 Å². The number of benzene rings is 1. The second-order valence-electron chi connectivity index (χ2n) is 6.29. The molecule has 0 aliphatic carbocycles. The fourth-order valence-corrected chi connectivity index (χ4v) is 2.90. The summed E-state index contributed by atoms with van der Waals surface area (Å²) in [5.74, 6) is 0.833. The lowest BCUT2D eigenvalue weighted by molar-refractivity contribution is -0.126. The summed E-state index contributed by atoms with van der Waals surface area (Å²) in [6.07, 6.45) is 0.941. The molecule has 2 aliphatic heterocycles. The van der Waals surface area contributed by atoms with Gasteiger partial charge in [-0.1, -0.05) is 0 Å². The summed E-state index contributed by atoms with van der Waals surface area (Å²) < 4.78 is 11.0. The first kappa shape index (κ1) is 19.3. The van der Waals surface area contributed by atoms with Crippen molar-refractivity contribution in [2.45, 2.75) is 25.8 Å². The van der Waals surface area contributed by atoms with Crippen LogP contribution in [0, 0.1) is 5.92 Å². The molecule has 1 aromatic carbocycles. The molecule has 138 valence electrons. The van der Waals surface area contributed by atoms with Crippen molar-refractivity contribution in [3.05, 3.63) is 18.2 Å². The topological polar surface area (TPSA) is 93.9 Å². The summed E-state index contributed by atoms with van der Waals surface area (Å²) >= 11 is 0. The Morgan fingerprint density at radius 2 is 2.08 bits per heavy atom. The molecule has 3 N–H and O–H groups in total. The summed E-state index contributed by atoms with van der Waals surface area (Å²) in [7, 11) is 0. The molecule has 2 aliphatic rings. The Morgan fingerprint density at radius 3 is 2.80 bits per heavy atom. The number of rotatable bonds is 5. The molecule has 3 rings (SSSR count). The van der Waals surface area contributed by atoms with E-state index in [-0.39, 0.29) is 42.6 Å². The predicted octanol–water partition coefficient (Wildman–Crippen LogP) is 1.09. The zero-order valence-corrected chi connectivity index (χ0v) is 15.0. The Kier molecular flexibility index (Phi) is 6.50. The quantitative estimate of drug-likeness (QED) is 0.810. The average molecular weight is 370 g/mol. The molecule has 2 amide bonds. The van der Waals surface area contributed by atoms with Crippen molar-refractivity contribution < 1.29 is 19.1 Å². The fraction of sp³-hybridized carbons (Fsp3) is 0.529. The third-order valence-corrected chi connectivity index (χ3v) is 4.23. The molecule has 0 radical (unpaired) electrons. The van der Waals surface area contributed by atoms with Crippen LogP contribution in [0.4, 0.5) is 5.69 Å². The Labute approximate surface area is 153 Å². The number of anilines is 1. The van der Waals surface area contributed by atoms with Gasteiger partial charge >= 0.3 is 0 Å². The van der Waals surface area contributed by atoms with Gasteiger partial charge in [-0.05, 0) is 25.5 Å². The van der Waals surface area contributed by atoms with Gasteiger partial charge in [-0.25, -0.2) is 0 Å². The van der Waals surface area contributed by atoms with Gasteiger partial charge in [0.25, 0.3) is 0 Å². The van der Waals surface area contributed by atoms with Crippen LogP contribution in [0.15, 0.2) is 18.2 Å². The SMILES string of the molecule is CC(N)CCNC(=O)C1CC(=O)N(c2ccc3c(c2)OCCO3)C1.Cl. The molecule has 0 aromatic heterocycles. The zero-order valence-electron chi connectivity index (χ0n) is 14.2. The van der Waals surface area contributed by atoms with Crippen molar-refractivity contribution in [3.63, 3.8) is 0 Å². The van der Waals surface area contributed by atoms with E-state index in [1.165, 1.54) is 0 Å². The van der Waals surface area contributed by atoms with E-state index in [1.807, 2.05) is 13.0 Å². The van der Waals surface area contributed by atoms with E-state index >= 15 is 0 Å². The van der Waals surface area contributed by atoms with Crippen molar-refractivity contribution in [1.29, 1.82) is 0 Å². The van der Waals surface area contributed by atoms with Gasteiger partial charge in [-0.15, -0.1) is 12.4 Å².